The summed E-state index contributed by atoms with van der Waals surface area (Å²) in [6.45, 7) is 3.71. The number of aliphatic carboxylic acids is 1. The standard InChI is InChI=1S/C14H19FN2O4/c1-8(2)6-11(13(18)19)17-14(20)16-9-4-5-12(21-3)10(15)7-9/h4-5,7-8,11H,6H2,1-3H3,(H,18,19)(H2,16,17,20). The number of urea groups is 1. The minimum atomic E-state index is -1.11. The van der Waals surface area contributed by atoms with Gasteiger partial charge in [-0.05, 0) is 24.5 Å². The smallest absolute Gasteiger partial charge is 0.326 e. The number of benzene rings is 1. The van der Waals surface area contributed by atoms with E-state index in [2.05, 4.69) is 10.6 Å². The number of carbonyl (C=O) groups is 2. The van der Waals surface area contributed by atoms with Crippen LogP contribution in [0.4, 0.5) is 14.9 Å². The fraction of sp³-hybridized carbons (Fsp3) is 0.429. The summed E-state index contributed by atoms with van der Waals surface area (Å²) in [4.78, 5) is 22.8. The molecule has 0 saturated heterocycles. The summed E-state index contributed by atoms with van der Waals surface area (Å²) in [5, 5.41) is 13.8. The van der Waals surface area contributed by atoms with Crippen molar-refractivity contribution in [1.29, 1.82) is 0 Å². The van der Waals surface area contributed by atoms with Gasteiger partial charge in [-0.1, -0.05) is 13.8 Å². The highest BCUT2D eigenvalue weighted by Gasteiger charge is 2.21. The van der Waals surface area contributed by atoms with Crippen LogP contribution in [0.2, 0.25) is 0 Å². The lowest BCUT2D eigenvalue weighted by Gasteiger charge is -2.17. The van der Waals surface area contributed by atoms with Gasteiger partial charge in [-0.3, -0.25) is 0 Å². The van der Waals surface area contributed by atoms with Gasteiger partial charge >= 0.3 is 12.0 Å². The van der Waals surface area contributed by atoms with Gasteiger partial charge in [0.1, 0.15) is 6.04 Å². The molecule has 0 aliphatic heterocycles. The molecule has 1 rings (SSSR count). The van der Waals surface area contributed by atoms with E-state index < -0.39 is 23.9 Å². The van der Waals surface area contributed by atoms with Gasteiger partial charge in [-0.2, -0.15) is 0 Å². The predicted molar refractivity (Wildman–Crippen MR) is 76.0 cm³/mol. The molecule has 0 heterocycles. The van der Waals surface area contributed by atoms with Crippen molar-refractivity contribution in [2.24, 2.45) is 5.92 Å². The van der Waals surface area contributed by atoms with Gasteiger partial charge in [0.05, 0.1) is 7.11 Å². The van der Waals surface area contributed by atoms with Gasteiger partial charge in [0.25, 0.3) is 0 Å². The monoisotopic (exact) mass is 298 g/mol. The SMILES string of the molecule is COc1ccc(NC(=O)NC(CC(C)C)C(=O)O)cc1F. The molecule has 0 aliphatic rings. The molecule has 0 aliphatic carbocycles. The molecule has 0 saturated carbocycles. The summed E-state index contributed by atoms with van der Waals surface area (Å²) < 4.78 is 18.2. The second-order valence-electron chi connectivity index (χ2n) is 4.97. The Balaban J connectivity index is 2.67. The van der Waals surface area contributed by atoms with E-state index in [1.807, 2.05) is 13.8 Å². The number of methoxy groups -OCH3 is 1. The quantitative estimate of drug-likeness (QED) is 0.752. The molecule has 1 unspecified atom stereocenters. The van der Waals surface area contributed by atoms with Crippen LogP contribution < -0.4 is 15.4 Å². The van der Waals surface area contributed by atoms with Crippen LogP contribution in [-0.4, -0.2) is 30.3 Å². The molecular formula is C14H19FN2O4. The molecule has 1 atom stereocenters. The van der Waals surface area contributed by atoms with E-state index >= 15 is 0 Å². The first-order valence-corrected chi connectivity index (χ1v) is 6.47. The minimum Gasteiger partial charge on any atom is -0.494 e. The summed E-state index contributed by atoms with van der Waals surface area (Å²) in [5.41, 5.74) is 0.208. The number of carbonyl (C=O) groups excluding carboxylic acids is 1. The van der Waals surface area contributed by atoms with Gasteiger partial charge in [-0.25, -0.2) is 14.0 Å². The molecule has 0 spiro atoms. The van der Waals surface area contributed by atoms with Crippen LogP contribution >= 0.6 is 0 Å². The van der Waals surface area contributed by atoms with Crippen LogP contribution in [0, 0.1) is 11.7 Å². The molecule has 3 N–H and O–H groups in total. The zero-order valence-electron chi connectivity index (χ0n) is 12.1. The number of carboxylic acids is 1. The van der Waals surface area contributed by atoms with Crippen LogP contribution in [0.25, 0.3) is 0 Å². The van der Waals surface area contributed by atoms with Crippen LogP contribution in [0.5, 0.6) is 5.75 Å². The maximum absolute atomic E-state index is 13.5. The molecule has 116 valence electrons. The molecule has 2 amide bonds. The summed E-state index contributed by atoms with van der Waals surface area (Å²) in [6, 6.07) is 2.23. The van der Waals surface area contributed by atoms with Crippen molar-refractivity contribution >= 4 is 17.7 Å². The van der Waals surface area contributed by atoms with E-state index in [4.69, 9.17) is 9.84 Å². The van der Waals surface area contributed by atoms with Crippen molar-refractivity contribution < 1.29 is 23.8 Å². The molecule has 1 aromatic carbocycles. The van der Waals surface area contributed by atoms with Crippen molar-refractivity contribution in [2.45, 2.75) is 26.3 Å². The fourth-order valence-electron chi connectivity index (χ4n) is 1.76. The summed E-state index contributed by atoms with van der Waals surface area (Å²) in [6.07, 6.45) is 0.305. The Labute approximate surface area is 122 Å². The Morgan fingerprint density at radius 3 is 2.52 bits per heavy atom. The second kappa shape index (κ2) is 7.47. The number of ether oxygens (including phenoxy) is 1. The normalized spacial score (nSPS) is 11.9. The van der Waals surface area contributed by atoms with E-state index in [0.717, 1.165) is 6.07 Å². The summed E-state index contributed by atoms with van der Waals surface area (Å²) >= 11 is 0. The third kappa shape index (κ3) is 5.29. The van der Waals surface area contributed by atoms with Gasteiger partial charge in [0.2, 0.25) is 0 Å². The first-order valence-electron chi connectivity index (χ1n) is 6.47. The number of rotatable bonds is 6. The maximum atomic E-state index is 13.5. The zero-order valence-corrected chi connectivity index (χ0v) is 12.1. The molecule has 0 aromatic heterocycles. The molecule has 1 aromatic rings. The molecule has 0 bridgehead atoms. The highest BCUT2D eigenvalue weighted by Crippen LogP contribution is 2.20. The minimum absolute atomic E-state index is 0.0594. The number of nitrogens with one attached hydrogen (secondary N) is 2. The maximum Gasteiger partial charge on any atom is 0.326 e. The predicted octanol–water partition coefficient (Wildman–Crippen LogP) is 2.46. The first kappa shape index (κ1) is 16.7. The van der Waals surface area contributed by atoms with Crippen LogP contribution in [0.1, 0.15) is 20.3 Å². The van der Waals surface area contributed by atoms with Crippen molar-refractivity contribution in [1.82, 2.24) is 5.32 Å². The number of anilines is 1. The highest BCUT2D eigenvalue weighted by atomic mass is 19.1. The van der Waals surface area contributed by atoms with E-state index in [0.29, 0.717) is 6.42 Å². The van der Waals surface area contributed by atoms with Gasteiger partial charge in [0, 0.05) is 11.8 Å². The van der Waals surface area contributed by atoms with Crippen molar-refractivity contribution in [2.75, 3.05) is 12.4 Å². The van der Waals surface area contributed by atoms with Gasteiger partial charge < -0.3 is 20.5 Å². The lowest BCUT2D eigenvalue weighted by atomic mass is 10.0. The fourth-order valence-corrected chi connectivity index (χ4v) is 1.76. The average Bonchev–Trinajstić information content (AvgIpc) is 2.37. The summed E-state index contributed by atoms with van der Waals surface area (Å²) in [5.74, 6) is -1.55. The lowest BCUT2D eigenvalue weighted by Crippen LogP contribution is -2.43. The molecule has 7 heteroatoms. The molecule has 6 nitrogen and oxygen atoms in total. The zero-order chi connectivity index (χ0) is 16.0. The second-order valence-corrected chi connectivity index (χ2v) is 4.97. The third-order valence-corrected chi connectivity index (χ3v) is 2.72. The summed E-state index contributed by atoms with van der Waals surface area (Å²) in [7, 11) is 1.33. The largest absolute Gasteiger partial charge is 0.494 e. The Hall–Kier alpha value is -2.31. The van der Waals surface area contributed by atoms with Crippen LogP contribution in [-0.2, 0) is 4.79 Å². The van der Waals surface area contributed by atoms with Gasteiger partial charge in [-0.15, -0.1) is 0 Å². The van der Waals surface area contributed by atoms with E-state index in [1.165, 1.54) is 19.2 Å². The number of amides is 2. The van der Waals surface area contributed by atoms with Crippen molar-refractivity contribution in [3.63, 3.8) is 0 Å². The topological polar surface area (TPSA) is 87.7 Å². The van der Waals surface area contributed by atoms with Gasteiger partial charge in [0.15, 0.2) is 11.6 Å². The Morgan fingerprint density at radius 1 is 1.38 bits per heavy atom. The molecule has 0 radical (unpaired) electrons. The Kier molecular flexibility index (Phi) is 5.95. The van der Waals surface area contributed by atoms with E-state index in [9.17, 15) is 14.0 Å². The van der Waals surface area contributed by atoms with Crippen LogP contribution in [0.15, 0.2) is 18.2 Å². The Morgan fingerprint density at radius 2 is 2.05 bits per heavy atom. The number of halogens is 1. The third-order valence-electron chi connectivity index (χ3n) is 2.72. The highest BCUT2D eigenvalue weighted by molar-refractivity contribution is 5.92. The lowest BCUT2D eigenvalue weighted by molar-refractivity contribution is -0.139. The van der Waals surface area contributed by atoms with Crippen molar-refractivity contribution in [3.8, 4) is 5.75 Å². The van der Waals surface area contributed by atoms with E-state index in [1.54, 1.807) is 0 Å². The first-order chi connectivity index (χ1) is 9.83. The molecule has 0 fully saturated rings. The van der Waals surface area contributed by atoms with Crippen LogP contribution in [0.3, 0.4) is 0 Å². The number of carboxylic acid groups (broad SMARTS) is 1. The number of hydrogen-bond donors (Lipinski definition) is 3. The van der Waals surface area contributed by atoms with E-state index in [-0.39, 0.29) is 17.4 Å². The molecular weight excluding hydrogens is 279 g/mol. The van der Waals surface area contributed by atoms with Crippen molar-refractivity contribution in [3.05, 3.63) is 24.0 Å². The number of hydrogen-bond acceptors (Lipinski definition) is 3. The molecule has 21 heavy (non-hydrogen) atoms. The Bertz CT molecular complexity index is 520. The average molecular weight is 298 g/mol.